The number of nitrogens with one attached hydrogen (secondary N) is 2. The van der Waals surface area contributed by atoms with Crippen LogP contribution in [0.25, 0.3) is 11.1 Å². The SMILES string of the molecule is O=C(CCCCCCNC(=O)OCC1c2ccccc2-c2ccccc21)NC1(C(=O)O)CCN(Cc2ccccc2)C1. The van der Waals surface area contributed by atoms with Crippen molar-refractivity contribution in [2.24, 2.45) is 0 Å². The van der Waals surface area contributed by atoms with Gasteiger partial charge in [0.2, 0.25) is 5.91 Å². The summed E-state index contributed by atoms with van der Waals surface area (Å²) in [5.74, 6) is -1.17. The molecule has 1 aliphatic carbocycles. The van der Waals surface area contributed by atoms with Gasteiger partial charge in [0.05, 0.1) is 0 Å². The third-order valence-electron chi connectivity index (χ3n) is 8.33. The van der Waals surface area contributed by atoms with Crippen LogP contribution in [0.2, 0.25) is 0 Å². The normalized spacial score (nSPS) is 17.8. The van der Waals surface area contributed by atoms with Gasteiger partial charge in [0.1, 0.15) is 6.61 Å². The molecule has 1 aliphatic heterocycles. The van der Waals surface area contributed by atoms with Gasteiger partial charge in [0, 0.05) is 38.5 Å². The molecule has 3 aromatic carbocycles. The number of unbranched alkanes of at least 4 members (excludes halogenated alkanes) is 3. The zero-order chi connectivity index (χ0) is 29.4. The van der Waals surface area contributed by atoms with Crippen LogP contribution in [-0.2, 0) is 20.9 Å². The Kier molecular flexibility index (Phi) is 9.54. The Morgan fingerprint density at radius 2 is 1.50 bits per heavy atom. The standard InChI is InChI=1S/C34H39N3O5/c38-31(36-34(32(39)40)19-21-37(24-34)22-25-12-4-3-5-13-25)18-6-1-2-11-20-35-33(41)42-23-30-28-16-9-7-14-26(28)27-15-8-10-17-29(27)30/h3-5,7-10,12-17,30H,1-2,6,11,18-24H2,(H,35,41)(H,36,38)(H,39,40). The third-order valence-corrected chi connectivity index (χ3v) is 8.33. The maximum atomic E-state index is 12.6. The number of aliphatic carboxylic acids is 1. The Labute approximate surface area is 247 Å². The Morgan fingerprint density at radius 3 is 2.19 bits per heavy atom. The molecule has 0 saturated carbocycles. The first-order valence-corrected chi connectivity index (χ1v) is 14.8. The number of hydrogen-bond acceptors (Lipinski definition) is 5. The summed E-state index contributed by atoms with van der Waals surface area (Å²) in [6.45, 7) is 2.37. The summed E-state index contributed by atoms with van der Waals surface area (Å²) in [6.07, 6.45) is 3.37. The van der Waals surface area contributed by atoms with Crippen LogP contribution < -0.4 is 10.6 Å². The maximum Gasteiger partial charge on any atom is 0.407 e. The van der Waals surface area contributed by atoms with Crippen molar-refractivity contribution in [3.63, 3.8) is 0 Å². The van der Waals surface area contributed by atoms with Gasteiger partial charge in [-0.15, -0.1) is 0 Å². The number of rotatable bonds is 13. The number of carboxylic acid groups (broad SMARTS) is 1. The van der Waals surface area contributed by atoms with Gasteiger partial charge in [0.15, 0.2) is 5.54 Å². The van der Waals surface area contributed by atoms with E-state index in [0.29, 0.717) is 39.0 Å². The van der Waals surface area contributed by atoms with Crippen molar-refractivity contribution in [3.8, 4) is 11.1 Å². The summed E-state index contributed by atoms with van der Waals surface area (Å²) in [7, 11) is 0. The van der Waals surface area contributed by atoms with Gasteiger partial charge in [-0.2, -0.15) is 0 Å². The molecule has 220 valence electrons. The van der Waals surface area contributed by atoms with Crippen molar-refractivity contribution in [2.45, 2.75) is 56.5 Å². The number of nitrogens with zero attached hydrogens (tertiary/aromatic N) is 1. The van der Waals surface area contributed by atoms with Crippen LogP contribution in [0.1, 0.15) is 61.1 Å². The molecule has 1 saturated heterocycles. The lowest BCUT2D eigenvalue weighted by atomic mass is 9.98. The molecule has 2 amide bonds. The molecule has 3 N–H and O–H groups in total. The predicted molar refractivity (Wildman–Crippen MR) is 161 cm³/mol. The largest absolute Gasteiger partial charge is 0.479 e. The minimum Gasteiger partial charge on any atom is -0.479 e. The first kappa shape index (κ1) is 29.3. The second kappa shape index (κ2) is 13.7. The second-order valence-corrected chi connectivity index (χ2v) is 11.3. The average molecular weight is 570 g/mol. The maximum absolute atomic E-state index is 12.6. The van der Waals surface area contributed by atoms with E-state index in [1.54, 1.807) is 0 Å². The van der Waals surface area contributed by atoms with Crippen molar-refractivity contribution in [2.75, 3.05) is 26.2 Å². The van der Waals surface area contributed by atoms with E-state index < -0.39 is 17.6 Å². The number of amides is 2. The fourth-order valence-corrected chi connectivity index (χ4v) is 6.13. The quantitative estimate of drug-likeness (QED) is 0.241. The highest BCUT2D eigenvalue weighted by atomic mass is 16.5. The minimum atomic E-state index is -1.24. The minimum absolute atomic E-state index is 0.0331. The third kappa shape index (κ3) is 6.99. The molecule has 8 heteroatoms. The van der Waals surface area contributed by atoms with E-state index >= 15 is 0 Å². The molecular formula is C34H39N3O5. The highest BCUT2D eigenvalue weighted by Crippen LogP contribution is 2.44. The van der Waals surface area contributed by atoms with Crippen LogP contribution in [0.15, 0.2) is 78.9 Å². The average Bonchev–Trinajstić information content (AvgIpc) is 3.55. The Hall–Kier alpha value is -4.17. The molecule has 3 aromatic rings. The lowest BCUT2D eigenvalue weighted by Gasteiger charge is -2.26. The van der Waals surface area contributed by atoms with Crippen molar-refractivity contribution in [3.05, 3.63) is 95.6 Å². The Bertz CT molecular complexity index is 1350. The fraction of sp³-hybridized carbons (Fsp3) is 0.382. The van der Waals surface area contributed by atoms with E-state index in [2.05, 4.69) is 39.8 Å². The van der Waals surface area contributed by atoms with Gasteiger partial charge in [-0.25, -0.2) is 9.59 Å². The number of carbonyl (C=O) groups is 3. The van der Waals surface area contributed by atoms with Crippen LogP contribution in [0.5, 0.6) is 0 Å². The van der Waals surface area contributed by atoms with E-state index in [-0.39, 0.29) is 24.9 Å². The summed E-state index contributed by atoms with van der Waals surface area (Å²) in [4.78, 5) is 39.1. The molecule has 5 rings (SSSR count). The van der Waals surface area contributed by atoms with Crippen molar-refractivity contribution < 1.29 is 24.2 Å². The van der Waals surface area contributed by atoms with Crippen molar-refractivity contribution in [1.82, 2.24) is 15.5 Å². The number of likely N-dealkylation sites (tertiary alicyclic amines) is 1. The summed E-state index contributed by atoms with van der Waals surface area (Å²) in [6, 6.07) is 26.4. The number of carbonyl (C=O) groups excluding carboxylic acids is 2. The van der Waals surface area contributed by atoms with Gasteiger partial charge in [-0.3, -0.25) is 9.69 Å². The topological polar surface area (TPSA) is 108 Å². The molecule has 42 heavy (non-hydrogen) atoms. The molecule has 1 unspecified atom stereocenters. The van der Waals surface area contributed by atoms with E-state index in [4.69, 9.17) is 4.74 Å². The summed E-state index contributed by atoms with van der Waals surface area (Å²) in [5, 5.41) is 15.6. The second-order valence-electron chi connectivity index (χ2n) is 11.3. The number of carboxylic acids is 1. The zero-order valence-electron chi connectivity index (χ0n) is 23.9. The number of ether oxygens (including phenoxy) is 1. The first-order chi connectivity index (χ1) is 20.4. The molecule has 8 nitrogen and oxygen atoms in total. The van der Waals surface area contributed by atoms with E-state index in [1.165, 1.54) is 22.3 Å². The highest BCUT2D eigenvalue weighted by Gasteiger charge is 2.45. The summed E-state index contributed by atoms with van der Waals surface area (Å²) >= 11 is 0. The van der Waals surface area contributed by atoms with E-state index in [0.717, 1.165) is 24.8 Å². The molecule has 1 fully saturated rings. The first-order valence-electron chi connectivity index (χ1n) is 14.8. The number of alkyl carbamates (subject to hydrolysis) is 1. The van der Waals surface area contributed by atoms with Crippen LogP contribution in [-0.4, -0.2) is 59.8 Å². The van der Waals surface area contributed by atoms with Gasteiger partial charge in [0.25, 0.3) is 0 Å². The summed E-state index contributed by atoms with van der Waals surface area (Å²) < 4.78 is 5.58. The van der Waals surface area contributed by atoms with Crippen molar-refractivity contribution in [1.29, 1.82) is 0 Å². The molecule has 0 spiro atoms. The number of benzene rings is 3. The van der Waals surface area contributed by atoms with Crippen LogP contribution in [0, 0.1) is 0 Å². The number of hydrogen-bond donors (Lipinski definition) is 3. The molecule has 0 radical (unpaired) electrons. The van der Waals surface area contributed by atoms with E-state index in [9.17, 15) is 19.5 Å². The molecule has 1 atom stereocenters. The van der Waals surface area contributed by atoms with Gasteiger partial charge < -0.3 is 20.5 Å². The summed E-state index contributed by atoms with van der Waals surface area (Å²) in [5.41, 5.74) is 4.64. The molecule has 0 bridgehead atoms. The molecular weight excluding hydrogens is 530 g/mol. The highest BCUT2D eigenvalue weighted by molar-refractivity contribution is 5.87. The lowest BCUT2D eigenvalue weighted by molar-refractivity contribution is -0.147. The van der Waals surface area contributed by atoms with Crippen molar-refractivity contribution >= 4 is 18.0 Å². The Balaban J connectivity index is 0.961. The zero-order valence-corrected chi connectivity index (χ0v) is 23.9. The van der Waals surface area contributed by atoms with Gasteiger partial charge in [-0.1, -0.05) is 91.7 Å². The van der Waals surface area contributed by atoms with Crippen LogP contribution >= 0.6 is 0 Å². The van der Waals surface area contributed by atoms with Gasteiger partial charge in [-0.05, 0) is 47.1 Å². The molecule has 1 heterocycles. The lowest BCUT2D eigenvalue weighted by Crippen LogP contribution is -2.56. The monoisotopic (exact) mass is 569 g/mol. The fourth-order valence-electron chi connectivity index (χ4n) is 6.13. The van der Waals surface area contributed by atoms with Gasteiger partial charge >= 0.3 is 12.1 Å². The predicted octanol–water partition coefficient (Wildman–Crippen LogP) is 5.32. The Morgan fingerprint density at radius 1 is 0.857 bits per heavy atom. The van der Waals surface area contributed by atoms with E-state index in [1.807, 2.05) is 54.6 Å². The molecule has 0 aromatic heterocycles. The van der Waals surface area contributed by atoms with Crippen LogP contribution in [0.4, 0.5) is 4.79 Å². The number of fused-ring (bicyclic) bond motifs is 3. The molecule has 2 aliphatic rings. The van der Waals surface area contributed by atoms with Crippen LogP contribution in [0.3, 0.4) is 0 Å². The smallest absolute Gasteiger partial charge is 0.407 e.